The number of carbonyl (C=O) groups is 1. The molecule has 1 fully saturated rings. The summed E-state index contributed by atoms with van der Waals surface area (Å²) in [5.74, 6) is 0.934. The molecule has 0 bridgehead atoms. The minimum atomic E-state index is 0.312. The van der Waals surface area contributed by atoms with E-state index in [9.17, 15) is 4.79 Å². The molecule has 1 aliphatic heterocycles. The van der Waals surface area contributed by atoms with Crippen LogP contribution in [0, 0.1) is 12.8 Å². The van der Waals surface area contributed by atoms with E-state index in [2.05, 4.69) is 41.4 Å². The molecule has 1 heterocycles. The summed E-state index contributed by atoms with van der Waals surface area (Å²) in [4.78, 5) is 14.4. The molecule has 1 aromatic rings. The Morgan fingerprint density at radius 3 is 3.05 bits per heavy atom. The second kappa shape index (κ2) is 7.44. The molecule has 1 amide bonds. The van der Waals surface area contributed by atoms with Gasteiger partial charge in [-0.05, 0) is 51.3 Å². The summed E-state index contributed by atoms with van der Waals surface area (Å²) >= 11 is 0. The Morgan fingerprint density at radius 1 is 1.45 bits per heavy atom. The van der Waals surface area contributed by atoms with Gasteiger partial charge >= 0.3 is 0 Å². The van der Waals surface area contributed by atoms with Crippen LogP contribution in [0.3, 0.4) is 0 Å². The van der Waals surface area contributed by atoms with Gasteiger partial charge in [-0.15, -0.1) is 0 Å². The van der Waals surface area contributed by atoms with Gasteiger partial charge < -0.3 is 10.2 Å². The Morgan fingerprint density at radius 2 is 2.30 bits per heavy atom. The summed E-state index contributed by atoms with van der Waals surface area (Å²) < 4.78 is 0. The maximum Gasteiger partial charge on any atom is 0.222 e. The lowest BCUT2D eigenvalue weighted by atomic mass is 9.97. The summed E-state index contributed by atoms with van der Waals surface area (Å²) in [5, 5.41) is 3.22. The van der Waals surface area contributed by atoms with Crippen molar-refractivity contribution in [2.75, 3.05) is 26.7 Å². The zero-order valence-corrected chi connectivity index (χ0v) is 12.7. The third-order valence-corrected chi connectivity index (χ3v) is 4.07. The predicted molar refractivity (Wildman–Crippen MR) is 82.7 cm³/mol. The van der Waals surface area contributed by atoms with Gasteiger partial charge in [0.25, 0.3) is 0 Å². The molecular weight excluding hydrogens is 248 g/mol. The number of nitrogens with zero attached hydrogens (tertiary/aromatic N) is 1. The molecule has 3 nitrogen and oxygen atoms in total. The largest absolute Gasteiger partial charge is 0.342 e. The molecule has 2 rings (SSSR count). The van der Waals surface area contributed by atoms with Crippen LogP contribution in [0.2, 0.25) is 0 Å². The zero-order chi connectivity index (χ0) is 14.4. The van der Waals surface area contributed by atoms with Gasteiger partial charge in [-0.2, -0.15) is 0 Å². The van der Waals surface area contributed by atoms with Gasteiger partial charge in [0.05, 0.1) is 0 Å². The fraction of sp³-hybridized carbons (Fsp3) is 0.588. The molecule has 0 aromatic heterocycles. The fourth-order valence-electron chi connectivity index (χ4n) is 3.02. The molecule has 3 heteroatoms. The Kier molecular flexibility index (Phi) is 5.60. The van der Waals surface area contributed by atoms with Crippen molar-refractivity contribution in [1.82, 2.24) is 10.2 Å². The van der Waals surface area contributed by atoms with Crippen LogP contribution in [-0.2, 0) is 11.2 Å². The second-order valence-corrected chi connectivity index (χ2v) is 5.89. The number of likely N-dealkylation sites (tertiary alicyclic amines) is 1. The topological polar surface area (TPSA) is 32.3 Å². The molecule has 110 valence electrons. The van der Waals surface area contributed by atoms with Crippen molar-refractivity contribution in [3.63, 3.8) is 0 Å². The minimum Gasteiger partial charge on any atom is -0.342 e. The number of amides is 1. The van der Waals surface area contributed by atoms with Crippen LogP contribution < -0.4 is 5.32 Å². The summed E-state index contributed by atoms with van der Waals surface area (Å²) in [5.41, 5.74) is 2.53. The molecule has 1 unspecified atom stereocenters. The summed E-state index contributed by atoms with van der Waals surface area (Å²) in [7, 11) is 1.98. The van der Waals surface area contributed by atoms with Crippen LogP contribution in [0.25, 0.3) is 0 Å². The molecule has 0 spiro atoms. The number of hydrogen-bond acceptors (Lipinski definition) is 2. The van der Waals surface area contributed by atoms with E-state index >= 15 is 0 Å². The maximum absolute atomic E-state index is 12.3. The lowest BCUT2D eigenvalue weighted by molar-refractivity contribution is -0.132. The Labute approximate surface area is 122 Å². The van der Waals surface area contributed by atoms with Crippen molar-refractivity contribution < 1.29 is 4.79 Å². The van der Waals surface area contributed by atoms with Gasteiger partial charge in [0.15, 0.2) is 0 Å². The molecule has 1 saturated heterocycles. The number of rotatable bonds is 5. The van der Waals surface area contributed by atoms with Crippen LogP contribution in [0.1, 0.15) is 30.4 Å². The lowest BCUT2D eigenvalue weighted by Crippen LogP contribution is -2.42. The highest BCUT2D eigenvalue weighted by Gasteiger charge is 2.22. The number of nitrogens with one attached hydrogen (secondary N) is 1. The second-order valence-electron chi connectivity index (χ2n) is 5.89. The minimum absolute atomic E-state index is 0.312. The number of hydrogen-bond donors (Lipinski definition) is 1. The molecule has 0 saturated carbocycles. The van der Waals surface area contributed by atoms with E-state index in [4.69, 9.17) is 0 Å². The Hall–Kier alpha value is -1.35. The zero-order valence-electron chi connectivity index (χ0n) is 12.7. The molecule has 20 heavy (non-hydrogen) atoms. The summed E-state index contributed by atoms with van der Waals surface area (Å²) in [6.07, 6.45) is 3.87. The summed E-state index contributed by atoms with van der Waals surface area (Å²) in [6, 6.07) is 8.45. The number of carbonyl (C=O) groups excluding carboxylic acids is 1. The van der Waals surface area contributed by atoms with E-state index in [1.54, 1.807) is 0 Å². The number of aryl methyl sites for hydroxylation is 2. The SMILES string of the molecule is CNCC1CCCN(C(=O)CCc2cccc(C)c2)C1. The third-order valence-electron chi connectivity index (χ3n) is 4.07. The van der Waals surface area contributed by atoms with Crippen molar-refractivity contribution in [3.8, 4) is 0 Å². The Bertz CT molecular complexity index is 442. The van der Waals surface area contributed by atoms with Crippen LogP contribution in [0.15, 0.2) is 24.3 Å². The van der Waals surface area contributed by atoms with Gasteiger partial charge in [0.1, 0.15) is 0 Å². The first-order valence-electron chi connectivity index (χ1n) is 7.67. The van der Waals surface area contributed by atoms with E-state index in [0.29, 0.717) is 18.2 Å². The molecule has 1 aliphatic rings. The molecule has 1 atom stereocenters. The van der Waals surface area contributed by atoms with Crippen LogP contribution in [-0.4, -0.2) is 37.5 Å². The highest BCUT2D eigenvalue weighted by Crippen LogP contribution is 2.17. The van der Waals surface area contributed by atoms with Gasteiger partial charge in [-0.3, -0.25) is 4.79 Å². The predicted octanol–water partition coefficient (Wildman–Crippen LogP) is 2.39. The maximum atomic E-state index is 12.3. The molecule has 1 aromatic carbocycles. The quantitative estimate of drug-likeness (QED) is 0.894. The fourth-order valence-corrected chi connectivity index (χ4v) is 3.02. The van der Waals surface area contributed by atoms with Crippen LogP contribution >= 0.6 is 0 Å². The van der Waals surface area contributed by atoms with Crippen LogP contribution in [0.5, 0.6) is 0 Å². The van der Waals surface area contributed by atoms with Gasteiger partial charge in [-0.1, -0.05) is 29.8 Å². The van der Waals surface area contributed by atoms with E-state index in [1.165, 1.54) is 17.5 Å². The van der Waals surface area contributed by atoms with Gasteiger partial charge in [-0.25, -0.2) is 0 Å². The van der Waals surface area contributed by atoms with Gasteiger partial charge in [0, 0.05) is 19.5 Å². The van der Waals surface area contributed by atoms with Crippen molar-refractivity contribution in [1.29, 1.82) is 0 Å². The lowest BCUT2D eigenvalue weighted by Gasteiger charge is -2.32. The highest BCUT2D eigenvalue weighted by atomic mass is 16.2. The highest BCUT2D eigenvalue weighted by molar-refractivity contribution is 5.76. The third kappa shape index (κ3) is 4.34. The monoisotopic (exact) mass is 274 g/mol. The van der Waals surface area contributed by atoms with E-state index in [-0.39, 0.29) is 0 Å². The first kappa shape index (κ1) is 15.0. The van der Waals surface area contributed by atoms with Gasteiger partial charge in [0.2, 0.25) is 5.91 Å². The summed E-state index contributed by atoms with van der Waals surface area (Å²) in [6.45, 7) is 4.97. The van der Waals surface area contributed by atoms with E-state index in [1.807, 2.05) is 7.05 Å². The Balaban J connectivity index is 1.82. The first-order chi connectivity index (χ1) is 9.69. The number of piperidine rings is 1. The average molecular weight is 274 g/mol. The smallest absolute Gasteiger partial charge is 0.222 e. The van der Waals surface area contributed by atoms with Crippen molar-refractivity contribution >= 4 is 5.91 Å². The van der Waals surface area contributed by atoms with E-state index < -0.39 is 0 Å². The van der Waals surface area contributed by atoms with Crippen LogP contribution in [0.4, 0.5) is 0 Å². The molecular formula is C17H26N2O. The van der Waals surface area contributed by atoms with Crippen molar-refractivity contribution in [2.24, 2.45) is 5.92 Å². The van der Waals surface area contributed by atoms with Crippen molar-refractivity contribution in [2.45, 2.75) is 32.6 Å². The van der Waals surface area contributed by atoms with Crippen molar-refractivity contribution in [3.05, 3.63) is 35.4 Å². The average Bonchev–Trinajstić information content (AvgIpc) is 2.45. The first-order valence-corrected chi connectivity index (χ1v) is 7.67. The standard InChI is InChI=1S/C17H26N2O/c1-14-5-3-6-15(11-14)8-9-17(20)19-10-4-7-16(13-19)12-18-2/h3,5-6,11,16,18H,4,7-10,12-13H2,1-2H3. The van der Waals surface area contributed by atoms with E-state index in [0.717, 1.165) is 32.5 Å². The normalized spacial score (nSPS) is 19.1. The molecule has 0 aliphatic carbocycles. The molecule has 0 radical (unpaired) electrons. The number of benzene rings is 1. The molecule has 1 N–H and O–H groups in total.